The van der Waals surface area contributed by atoms with Crippen molar-refractivity contribution < 1.29 is 9.21 Å². The zero-order valence-electron chi connectivity index (χ0n) is 11.1. The molecule has 0 atom stereocenters. The Morgan fingerprint density at radius 3 is 3.10 bits per heavy atom. The van der Waals surface area contributed by atoms with Gasteiger partial charge in [-0.25, -0.2) is 0 Å². The highest BCUT2D eigenvalue weighted by molar-refractivity contribution is 7.10. The molecule has 4 rings (SSSR count). The summed E-state index contributed by atoms with van der Waals surface area (Å²) in [5.74, 6) is 0.324. The Labute approximate surface area is 130 Å². The van der Waals surface area contributed by atoms with Crippen LogP contribution in [0.25, 0.3) is 11.0 Å². The van der Waals surface area contributed by atoms with Gasteiger partial charge < -0.3 is 9.32 Å². The Balaban J connectivity index is 1.64. The summed E-state index contributed by atoms with van der Waals surface area (Å²) in [7, 11) is 0. The van der Waals surface area contributed by atoms with Gasteiger partial charge in [-0.1, -0.05) is 11.6 Å². The van der Waals surface area contributed by atoms with E-state index in [1.807, 2.05) is 11.0 Å². The van der Waals surface area contributed by atoms with Crippen LogP contribution in [0.15, 0.2) is 40.1 Å². The number of amides is 1. The number of nitrogens with zero attached hydrogens (tertiary/aromatic N) is 1. The molecule has 2 aromatic heterocycles. The van der Waals surface area contributed by atoms with Crippen molar-refractivity contribution in [3.63, 3.8) is 0 Å². The predicted molar refractivity (Wildman–Crippen MR) is 84.0 cm³/mol. The van der Waals surface area contributed by atoms with Gasteiger partial charge in [0, 0.05) is 28.4 Å². The largest absolute Gasteiger partial charge is 0.451 e. The number of carbonyl (C=O) groups excluding carboxylic acids is 1. The highest BCUT2D eigenvalue weighted by Crippen LogP contribution is 2.27. The number of benzene rings is 1. The molecule has 0 radical (unpaired) electrons. The zero-order valence-corrected chi connectivity index (χ0v) is 12.7. The Morgan fingerprint density at radius 1 is 1.29 bits per heavy atom. The molecule has 1 amide bonds. The van der Waals surface area contributed by atoms with E-state index in [0.717, 1.165) is 18.4 Å². The molecule has 0 unspecified atom stereocenters. The van der Waals surface area contributed by atoms with Gasteiger partial charge in [0.15, 0.2) is 5.76 Å². The van der Waals surface area contributed by atoms with E-state index in [1.54, 1.807) is 29.5 Å². The molecule has 3 aromatic rings. The number of furan rings is 1. The molecule has 21 heavy (non-hydrogen) atoms. The van der Waals surface area contributed by atoms with E-state index < -0.39 is 0 Å². The highest BCUT2D eigenvalue weighted by Gasteiger charge is 2.24. The van der Waals surface area contributed by atoms with Gasteiger partial charge in [0.25, 0.3) is 5.91 Å². The molecule has 106 valence electrons. The lowest BCUT2D eigenvalue weighted by molar-refractivity contribution is 0.0706. The van der Waals surface area contributed by atoms with Crippen LogP contribution in [0.5, 0.6) is 0 Å². The molecule has 5 heteroatoms. The fourth-order valence-electron chi connectivity index (χ4n) is 2.70. The summed E-state index contributed by atoms with van der Waals surface area (Å²) in [5, 5.41) is 3.59. The summed E-state index contributed by atoms with van der Waals surface area (Å²) in [6.45, 7) is 1.40. The van der Waals surface area contributed by atoms with Gasteiger partial charge in [0.2, 0.25) is 0 Å². The lowest BCUT2D eigenvalue weighted by Gasteiger charge is -2.26. The second kappa shape index (κ2) is 4.90. The molecular weight excluding hydrogens is 306 g/mol. The molecule has 0 spiro atoms. The fraction of sp³-hybridized carbons (Fsp3) is 0.188. The van der Waals surface area contributed by atoms with Crippen LogP contribution in [0.3, 0.4) is 0 Å². The fourth-order valence-corrected chi connectivity index (χ4v) is 3.77. The number of fused-ring (bicyclic) bond motifs is 2. The average molecular weight is 318 g/mol. The topological polar surface area (TPSA) is 33.5 Å². The maximum absolute atomic E-state index is 12.6. The second-order valence-corrected chi connectivity index (χ2v) is 6.58. The van der Waals surface area contributed by atoms with Crippen LogP contribution in [0.2, 0.25) is 5.02 Å². The number of hydrogen-bond acceptors (Lipinski definition) is 3. The standard InChI is InChI=1S/C16H12ClNO2S/c17-12-1-2-13-11(7-12)8-14(20-13)16(19)18-5-3-15-10(9-18)4-6-21-15/h1-2,4,6-8H,3,5,9H2. The van der Waals surface area contributed by atoms with Gasteiger partial charge in [0.05, 0.1) is 0 Å². The van der Waals surface area contributed by atoms with Crippen molar-refractivity contribution in [3.05, 3.63) is 56.9 Å². The minimum absolute atomic E-state index is 0.0563. The molecule has 1 aliphatic heterocycles. The summed E-state index contributed by atoms with van der Waals surface area (Å²) in [4.78, 5) is 15.8. The number of thiophene rings is 1. The summed E-state index contributed by atoms with van der Waals surface area (Å²) in [6.07, 6.45) is 0.921. The van der Waals surface area contributed by atoms with Crippen LogP contribution in [-0.4, -0.2) is 17.4 Å². The predicted octanol–water partition coefficient (Wildman–Crippen LogP) is 4.35. The Bertz CT molecular complexity index is 836. The monoisotopic (exact) mass is 317 g/mol. The van der Waals surface area contributed by atoms with E-state index in [1.165, 1.54) is 10.4 Å². The molecule has 0 bridgehead atoms. The number of halogens is 1. The number of hydrogen-bond donors (Lipinski definition) is 0. The Morgan fingerprint density at radius 2 is 2.19 bits per heavy atom. The van der Waals surface area contributed by atoms with Gasteiger partial charge in [0.1, 0.15) is 5.58 Å². The third kappa shape index (κ3) is 2.24. The first-order chi connectivity index (χ1) is 10.2. The van der Waals surface area contributed by atoms with Gasteiger partial charge in [-0.3, -0.25) is 4.79 Å². The van der Waals surface area contributed by atoms with Crippen molar-refractivity contribution in [2.75, 3.05) is 6.54 Å². The lowest BCUT2D eigenvalue weighted by Crippen LogP contribution is -2.35. The molecule has 0 fully saturated rings. The van der Waals surface area contributed by atoms with Gasteiger partial charge in [-0.15, -0.1) is 11.3 Å². The maximum atomic E-state index is 12.6. The van der Waals surface area contributed by atoms with Crippen LogP contribution in [0.4, 0.5) is 0 Å². The third-order valence-electron chi connectivity index (χ3n) is 3.78. The summed E-state index contributed by atoms with van der Waals surface area (Å²) < 4.78 is 5.66. The molecular formula is C16H12ClNO2S. The SMILES string of the molecule is O=C(c1cc2cc(Cl)ccc2o1)N1CCc2sccc2C1. The second-order valence-electron chi connectivity index (χ2n) is 5.14. The summed E-state index contributed by atoms with van der Waals surface area (Å²) >= 11 is 7.73. The minimum Gasteiger partial charge on any atom is -0.451 e. The molecule has 0 saturated carbocycles. The third-order valence-corrected chi connectivity index (χ3v) is 5.04. The van der Waals surface area contributed by atoms with Gasteiger partial charge >= 0.3 is 0 Å². The van der Waals surface area contributed by atoms with E-state index in [4.69, 9.17) is 16.0 Å². The van der Waals surface area contributed by atoms with E-state index >= 15 is 0 Å². The normalized spacial score (nSPS) is 14.4. The van der Waals surface area contributed by atoms with Crippen LogP contribution in [0, 0.1) is 0 Å². The van der Waals surface area contributed by atoms with Crippen LogP contribution in [0.1, 0.15) is 21.0 Å². The minimum atomic E-state index is -0.0563. The zero-order chi connectivity index (χ0) is 14.4. The molecule has 0 aliphatic carbocycles. The lowest BCUT2D eigenvalue weighted by atomic mass is 10.1. The highest BCUT2D eigenvalue weighted by atomic mass is 35.5. The van der Waals surface area contributed by atoms with E-state index in [-0.39, 0.29) is 5.91 Å². The van der Waals surface area contributed by atoms with Crippen molar-refractivity contribution in [1.29, 1.82) is 0 Å². The quantitative estimate of drug-likeness (QED) is 0.668. The van der Waals surface area contributed by atoms with E-state index in [2.05, 4.69) is 11.4 Å². The Kier molecular flexibility index (Phi) is 3.01. The van der Waals surface area contributed by atoms with E-state index in [0.29, 0.717) is 22.9 Å². The number of rotatable bonds is 1. The Hall–Kier alpha value is -1.78. The van der Waals surface area contributed by atoms with Crippen LogP contribution in [-0.2, 0) is 13.0 Å². The molecule has 3 nitrogen and oxygen atoms in total. The van der Waals surface area contributed by atoms with Crippen LogP contribution < -0.4 is 0 Å². The molecule has 3 heterocycles. The van der Waals surface area contributed by atoms with Gasteiger partial charge in [-0.05, 0) is 47.7 Å². The maximum Gasteiger partial charge on any atom is 0.289 e. The van der Waals surface area contributed by atoms with Crippen molar-refractivity contribution in [1.82, 2.24) is 4.90 Å². The van der Waals surface area contributed by atoms with E-state index in [9.17, 15) is 4.79 Å². The molecule has 0 saturated heterocycles. The molecule has 1 aromatic carbocycles. The van der Waals surface area contributed by atoms with Crippen molar-refractivity contribution in [3.8, 4) is 0 Å². The summed E-state index contributed by atoms with van der Waals surface area (Å²) in [6, 6.07) is 9.23. The van der Waals surface area contributed by atoms with Crippen molar-refractivity contribution in [2.45, 2.75) is 13.0 Å². The van der Waals surface area contributed by atoms with Gasteiger partial charge in [-0.2, -0.15) is 0 Å². The average Bonchev–Trinajstić information content (AvgIpc) is 3.11. The first-order valence-electron chi connectivity index (χ1n) is 6.74. The van der Waals surface area contributed by atoms with Crippen LogP contribution >= 0.6 is 22.9 Å². The first-order valence-corrected chi connectivity index (χ1v) is 8.00. The summed E-state index contributed by atoms with van der Waals surface area (Å²) in [5.41, 5.74) is 1.94. The molecule has 1 aliphatic rings. The molecule has 0 N–H and O–H groups in total. The smallest absolute Gasteiger partial charge is 0.289 e. The van der Waals surface area contributed by atoms with Crippen molar-refractivity contribution in [2.24, 2.45) is 0 Å². The van der Waals surface area contributed by atoms with Crippen molar-refractivity contribution >= 4 is 39.8 Å². The number of carbonyl (C=O) groups is 1. The first kappa shape index (κ1) is 12.9.